The molecular formula is C19H27NO4S. The van der Waals surface area contributed by atoms with Gasteiger partial charge in [-0.2, -0.15) is 0 Å². The highest BCUT2D eigenvalue weighted by molar-refractivity contribution is 8.01. The molecule has 0 unspecified atom stereocenters. The normalized spacial score (nSPS) is 35.4. The van der Waals surface area contributed by atoms with Crippen molar-refractivity contribution in [1.29, 1.82) is 0 Å². The van der Waals surface area contributed by atoms with Gasteiger partial charge in [0.1, 0.15) is 17.8 Å². The van der Waals surface area contributed by atoms with E-state index in [1.165, 1.54) is 58.4 Å². The lowest BCUT2D eigenvalue weighted by atomic mass is 9.56. The maximum Gasteiger partial charge on any atom is 0.303 e. The van der Waals surface area contributed by atoms with Crippen LogP contribution in [-0.2, 0) is 19.1 Å². The van der Waals surface area contributed by atoms with Gasteiger partial charge in [0.05, 0.1) is 0 Å². The summed E-state index contributed by atoms with van der Waals surface area (Å²) in [5, 5.41) is 2.58. The Hall–Kier alpha value is -1.30. The predicted molar refractivity (Wildman–Crippen MR) is 96.9 cm³/mol. The fourth-order valence-corrected chi connectivity index (χ4v) is 7.41. The van der Waals surface area contributed by atoms with Gasteiger partial charge in [-0.25, -0.2) is 0 Å². The van der Waals surface area contributed by atoms with Crippen LogP contribution in [0.25, 0.3) is 0 Å². The van der Waals surface area contributed by atoms with Crippen molar-refractivity contribution in [2.75, 3.05) is 0 Å². The summed E-state index contributed by atoms with van der Waals surface area (Å²) in [6, 6.07) is 0. The standard InChI is InChI=1S/C19H27NO4S/c1-12(22)20-18(17(4-3-5-21)24-13(2)23)25-19-9-14-6-15(10-19)8-16(7-14)11-19/h3-5,14-18H,6-11H2,1-2H3,(H,20,22)/b4-3+/t14?,15?,16?,17-,18+,19?/m1/s1. The Morgan fingerprint density at radius 2 is 1.68 bits per heavy atom. The fourth-order valence-electron chi connectivity index (χ4n) is 5.37. The Morgan fingerprint density at radius 1 is 1.12 bits per heavy atom. The van der Waals surface area contributed by atoms with Crippen LogP contribution in [0.1, 0.15) is 52.4 Å². The summed E-state index contributed by atoms with van der Waals surface area (Å²) in [6.45, 7) is 2.82. The Labute approximate surface area is 153 Å². The first kappa shape index (κ1) is 18.5. The maximum atomic E-state index is 11.7. The molecule has 4 aliphatic carbocycles. The van der Waals surface area contributed by atoms with E-state index in [4.69, 9.17) is 4.74 Å². The molecule has 2 atom stereocenters. The van der Waals surface area contributed by atoms with Gasteiger partial charge in [-0.1, -0.05) is 0 Å². The molecule has 0 spiro atoms. The average molecular weight is 365 g/mol. The van der Waals surface area contributed by atoms with Crippen molar-refractivity contribution < 1.29 is 19.1 Å². The van der Waals surface area contributed by atoms with Gasteiger partial charge in [-0.05, 0) is 68.4 Å². The van der Waals surface area contributed by atoms with Crippen molar-refractivity contribution in [3.8, 4) is 0 Å². The van der Waals surface area contributed by atoms with Crippen molar-refractivity contribution in [3.05, 3.63) is 12.2 Å². The Bertz CT molecular complexity index is 538. The van der Waals surface area contributed by atoms with Crippen molar-refractivity contribution in [2.24, 2.45) is 17.8 Å². The second kappa shape index (κ2) is 7.52. The molecule has 0 aliphatic heterocycles. The molecule has 6 heteroatoms. The Morgan fingerprint density at radius 3 is 2.12 bits per heavy atom. The lowest BCUT2D eigenvalue weighted by molar-refractivity contribution is -0.145. The van der Waals surface area contributed by atoms with Gasteiger partial charge >= 0.3 is 5.97 Å². The highest BCUT2D eigenvalue weighted by Crippen LogP contribution is 2.61. The molecule has 0 radical (unpaired) electrons. The van der Waals surface area contributed by atoms with Crippen LogP contribution in [-0.4, -0.2) is 34.4 Å². The molecule has 0 aromatic heterocycles. The van der Waals surface area contributed by atoms with Crippen LogP contribution in [0.4, 0.5) is 0 Å². The largest absolute Gasteiger partial charge is 0.455 e. The SMILES string of the molecule is CC(=O)N[C@@H](SC12CC3CC(CC(C3)C1)C2)[C@@H](/C=C/C=O)OC(C)=O. The fraction of sp³-hybridized carbons (Fsp3) is 0.737. The Kier molecular flexibility index (Phi) is 5.56. The molecule has 1 amide bonds. The van der Waals surface area contributed by atoms with Crippen molar-refractivity contribution in [1.82, 2.24) is 5.32 Å². The van der Waals surface area contributed by atoms with Gasteiger partial charge in [0.15, 0.2) is 0 Å². The smallest absolute Gasteiger partial charge is 0.303 e. The zero-order chi connectivity index (χ0) is 18.0. The molecule has 25 heavy (non-hydrogen) atoms. The van der Waals surface area contributed by atoms with Gasteiger partial charge in [0.2, 0.25) is 5.91 Å². The summed E-state index contributed by atoms with van der Waals surface area (Å²) < 4.78 is 5.57. The number of nitrogens with one attached hydrogen (secondary N) is 1. The Balaban J connectivity index is 1.79. The zero-order valence-corrected chi connectivity index (χ0v) is 15.7. The van der Waals surface area contributed by atoms with E-state index in [0.29, 0.717) is 6.29 Å². The van der Waals surface area contributed by atoms with Gasteiger partial charge in [-0.3, -0.25) is 14.4 Å². The van der Waals surface area contributed by atoms with Gasteiger partial charge in [0.25, 0.3) is 0 Å². The summed E-state index contributed by atoms with van der Waals surface area (Å²) in [5.41, 5.74) is 0. The molecular weight excluding hydrogens is 338 g/mol. The highest BCUT2D eigenvalue weighted by atomic mass is 32.2. The minimum Gasteiger partial charge on any atom is -0.455 e. The number of hydrogen-bond donors (Lipinski definition) is 1. The van der Waals surface area contributed by atoms with Crippen LogP contribution < -0.4 is 5.32 Å². The molecule has 5 nitrogen and oxygen atoms in total. The first-order chi connectivity index (χ1) is 11.9. The number of allylic oxidation sites excluding steroid dienone is 1. The van der Waals surface area contributed by atoms with Gasteiger partial charge < -0.3 is 10.1 Å². The molecule has 138 valence electrons. The predicted octanol–water partition coefficient (Wildman–Crippen LogP) is 2.84. The van der Waals surface area contributed by atoms with E-state index in [1.807, 2.05) is 0 Å². The number of carbonyl (C=O) groups is 3. The monoisotopic (exact) mass is 365 g/mol. The molecule has 0 heterocycles. The van der Waals surface area contributed by atoms with Crippen molar-refractivity contribution in [2.45, 2.75) is 68.6 Å². The first-order valence-electron chi connectivity index (χ1n) is 9.13. The lowest BCUT2D eigenvalue weighted by Crippen LogP contribution is -2.52. The number of esters is 1. The van der Waals surface area contributed by atoms with Crippen molar-refractivity contribution >= 4 is 29.9 Å². The second-order valence-corrected chi connectivity index (χ2v) is 9.54. The van der Waals surface area contributed by atoms with E-state index in [0.717, 1.165) is 17.8 Å². The lowest BCUT2D eigenvalue weighted by Gasteiger charge is -2.57. The molecule has 4 rings (SSSR count). The second-order valence-electron chi connectivity index (χ2n) is 7.93. The summed E-state index contributed by atoms with van der Waals surface area (Å²) in [5.74, 6) is 1.83. The molecule has 4 aliphatic rings. The number of aldehydes is 1. The minimum absolute atomic E-state index is 0.154. The zero-order valence-electron chi connectivity index (χ0n) is 14.9. The van der Waals surface area contributed by atoms with E-state index < -0.39 is 12.1 Å². The minimum atomic E-state index is -0.635. The summed E-state index contributed by atoms with van der Waals surface area (Å²) >= 11 is 1.75. The van der Waals surface area contributed by atoms with E-state index in [2.05, 4.69) is 5.32 Å². The van der Waals surface area contributed by atoms with E-state index in [-0.39, 0.29) is 16.0 Å². The third kappa shape index (κ3) is 4.46. The summed E-state index contributed by atoms with van der Waals surface area (Å²) in [7, 11) is 0. The van der Waals surface area contributed by atoms with E-state index >= 15 is 0 Å². The van der Waals surface area contributed by atoms with Crippen LogP contribution in [0.2, 0.25) is 0 Å². The van der Waals surface area contributed by atoms with Crippen LogP contribution in [0.5, 0.6) is 0 Å². The molecule has 0 aromatic rings. The van der Waals surface area contributed by atoms with Crippen LogP contribution in [0, 0.1) is 17.8 Å². The number of ether oxygens (including phenoxy) is 1. The number of rotatable bonds is 7. The first-order valence-corrected chi connectivity index (χ1v) is 10.0. The third-order valence-electron chi connectivity index (χ3n) is 5.68. The summed E-state index contributed by atoms with van der Waals surface area (Å²) in [6.07, 6.45) is 10.5. The molecule has 1 N–H and O–H groups in total. The van der Waals surface area contributed by atoms with Crippen LogP contribution in [0.15, 0.2) is 12.2 Å². The van der Waals surface area contributed by atoms with Gasteiger partial charge in [-0.15, -0.1) is 11.8 Å². The van der Waals surface area contributed by atoms with Gasteiger partial charge in [0, 0.05) is 18.6 Å². The number of hydrogen-bond acceptors (Lipinski definition) is 5. The van der Waals surface area contributed by atoms with Crippen LogP contribution in [0.3, 0.4) is 0 Å². The number of amides is 1. The molecule has 4 bridgehead atoms. The molecule has 4 saturated carbocycles. The number of carbonyl (C=O) groups excluding carboxylic acids is 3. The number of thioether (sulfide) groups is 1. The quantitative estimate of drug-likeness (QED) is 0.325. The summed E-state index contributed by atoms with van der Waals surface area (Å²) in [4.78, 5) is 34.0. The molecule has 0 aromatic carbocycles. The highest BCUT2D eigenvalue weighted by Gasteiger charge is 2.52. The van der Waals surface area contributed by atoms with E-state index in [9.17, 15) is 14.4 Å². The van der Waals surface area contributed by atoms with Crippen molar-refractivity contribution in [3.63, 3.8) is 0 Å². The third-order valence-corrected chi connectivity index (χ3v) is 7.32. The van der Waals surface area contributed by atoms with Crippen LogP contribution >= 0.6 is 11.8 Å². The topological polar surface area (TPSA) is 72.5 Å². The molecule has 4 fully saturated rings. The van der Waals surface area contributed by atoms with E-state index in [1.54, 1.807) is 17.8 Å². The maximum absolute atomic E-state index is 11.7. The molecule has 0 saturated heterocycles. The average Bonchev–Trinajstić information content (AvgIpc) is 2.48.